The molecule has 0 aliphatic carbocycles. The number of alkyl carbamates (subject to hydrolysis) is 1. The summed E-state index contributed by atoms with van der Waals surface area (Å²) < 4.78 is 9.93. The van der Waals surface area contributed by atoms with Gasteiger partial charge in [0, 0.05) is 0 Å². The van der Waals surface area contributed by atoms with Crippen LogP contribution in [0.25, 0.3) is 0 Å². The Balaban J connectivity index is 2.68. The Bertz CT molecular complexity index is 616. The number of hydrogen-bond donors (Lipinski definition) is 2. The van der Waals surface area contributed by atoms with Crippen LogP contribution in [0.15, 0.2) is 30.3 Å². The smallest absolute Gasteiger partial charge is 0.408 e. The second-order valence-corrected chi connectivity index (χ2v) is 7.14. The summed E-state index contributed by atoms with van der Waals surface area (Å²) in [5, 5.41) is 5.25. The molecule has 0 radical (unpaired) electrons. The zero-order valence-corrected chi connectivity index (χ0v) is 16.7. The SMILES string of the molecule is COC(=O)[C@H](CC(C)C)NC(=O)[C@@H](NC(=O)OCc1ccccc1)C(C)C. The van der Waals surface area contributed by atoms with Crippen LogP contribution in [0.3, 0.4) is 0 Å². The molecular formula is C20H30N2O5. The Morgan fingerprint density at radius 3 is 2.15 bits per heavy atom. The van der Waals surface area contributed by atoms with Crippen LogP contribution in [-0.4, -0.2) is 37.2 Å². The zero-order valence-electron chi connectivity index (χ0n) is 16.7. The summed E-state index contributed by atoms with van der Waals surface area (Å²) >= 11 is 0. The van der Waals surface area contributed by atoms with Crippen molar-refractivity contribution in [2.24, 2.45) is 11.8 Å². The maximum absolute atomic E-state index is 12.6. The van der Waals surface area contributed by atoms with Crippen molar-refractivity contribution in [2.45, 2.75) is 52.8 Å². The van der Waals surface area contributed by atoms with Gasteiger partial charge in [-0.3, -0.25) is 4.79 Å². The van der Waals surface area contributed by atoms with E-state index in [9.17, 15) is 14.4 Å². The molecule has 0 heterocycles. The topological polar surface area (TPSA) is 93.7 Å². The lowest BCUT2D eigenvalue weighted by Gasteiger charge is -2.25. The summed E-state index contributed by atoms with van der Waals surface area (Å²) in [5.74, 6) is -0.953. The van der Waals surface area contributed by atoms with Gasteiger partial charge in [-0.15, -0.1) is 0 Å². The highest BCUT2D eigenvalue weighted by atomic mass is 16.5. The summed E-state index contributed by atoms with van der Waals surface area (Å²) in [6.45, 7) is 7.61. The Labute approximate surface area is 160 Å². The van der Waals surface area contributed by atoms with E-state index in [4.69, 9.17) is 9.47 Å². The van der Waals surface area contributed by atoms with Crippen LogP contribution in [0.4, 0.5) is 4.79 Å². The first-order chi connectivity index (χ1) is 12.7. The molecule has 1 aromatic carbocycles. The molecule has 1 aromatic rings. The Morgan fingerprint density at radius 1 is 1.00 bits per heavy atom. The summed E-state index contributed by atoms with van der Waals surface area (Å²) in [6, 6.07) is 7.67. The number of rotatable bonds is 9. The molecule has 0 aromatic heterocycles. The normalized spacial score (nSPS) is 13.0. The molecule has 2 atom stereocenters. The van der Waals surface area contributed by atoms with E-state index in [0.717, 1.165) is 5.56 Å². The van der Waals surface area contributed by atoms with Gasteiger partial charge in [0.1, 0.15) is 18.7 Å². The quantitative estimate of drug-likeness (QED) is 0.644. The summed E-state index contributed by atoms with van der Waals surface area (Å²) in [4.78, 5) is 36.6. The molecule has 0 aliphatic rings. The van der Waals surface area contributed by atoms with Gasteiger partial charge in [0.05, 0.1) is 7.11 Å². The molecule has 0 aliphatic heterocycles. The predicted octanol–water partition coefficient (Wildman–Crippen LogP) is 2.64. The van der Waals surface area contributed by atoms with Crippen LogP contribution < -0.4 is 10.6 Å². The molecule has 2 N–H and O–H groups in total. The van der Waals surface area contributed by atoms with Gasteiger partial charge < -0.3 is 20.1 Å². The molecule has 2 amide bonds. The third-order valence-electron chi connectivity index (χ3n) is 3.94. The van der Waals surface area contributed by atoms with Gasteiger partial charge in [-0.05, 0) is 23.8 Å². The molecule has 0 saturated carbocycles. The van der Waals surface area contributed by atoms with Crippen molar-refractivity contribution in [2.75, 3.05) is 7.11 Å². The second-order valence-electron chi connectivity index (χ2n) is 7.14. The van der Waals surface area contributed by atoms with Crippen LogP contribution >= 0.6 is 0 Å². The largest absolute Gasteiger partial charge is 0.467 e. The average molecular weight is 378 g/mol. The number of methoxy groups -OCH3 is 1. The molecular weight excluding hydrogens is 348 g/mol. The third kappa shape index (κ3) is 8.11. The highest BCUT2D eigenvalue weighted by Gasteiger charge is 2.30. The fourth-order valence-corrected chi connectivity index (χ4v) is 2.52. The predicted molar refractivity (Wildman–Crippen MR) is 102 cm³/mol. The standard InChI is InChI=1S/C20H30N2O5/c1-13(2)11-16(19(24)26-5)21-18(23)17(14(3)4)22-20(25)27-12-15-9-7-6-8-10-15/h6-10,13-14,16-17H,11-12H2,1-5H3,(H,21,23)(H,22,25)/t16-,17-/m0/s1. The minimum Gasteiger partial charge on any atom is -0.467 e. The summed E-state index contributed by atoms with van der Waals surface area (Å²) in [6.07, 6.45) is -0.243. The molecule has 0 fully saturated rings. The molecule has 0 spiro atoms. The highest BCUT2D eigenvalue weighted by Crippen LogP contribution is 2.09. The maximum atomic E-state index is 12.6. The van der Waals surface area contributed by atoms with Gasteiger partial charge in [0.15, 0.2) is 0 Å². The van der Waals surface area contributed by atoms with Gasteiger partial charge >= 0.3 is 12.1 Å². The molecule has 7 nitrogen and oxygen atoms in total. The van der Waals surface area contributed by atoms with Crippen molar-refractivity contribution in [3.8, 4) is 0 Å². The first-order valence-corrected chi connectivity index (χ1v) is 9.10. The Hall–Kier alpha value is -2.57. The first kappa shape index (κ1) is 22.5. The van der Waals surface area contributed by atoms with Gasteiger partial charge in [0.25, 0.3) is 0 Å². The van der Waals surface area contributed by atoms with E-state index in [1.165, 1.54) is 7.11 Å². The Morgan fingerprint density at radius 2 is 1.63 bits per heavy atom. The van der Waals surface area contributed by atoms with Crippen molar-refractivity contribution in [3.63, 3.8) is 0 Å². The lowest BCUT2D eigenvalue weighted by Crippen LogP contribution is -2.54. The fraction of sp³-hybridized carbons (Fsp3) is 0.550. The van der Waals surface area contributed by atoms with Crippen LogP contribution in [0.2, 0.25) is 0 Å². The van der Waals surface area contributed by atoms with Gasteiger partial charge in [-0.1, -0.05) is 58.0 Å². The second kappa shape index (κ2) is 11.2. The number of carbonyl (C=O) groups is 3. The van der Waals surface area contributed by atoms with Crippen molar-refractivity contribution in [1.82, 2.24) is 10.6 Å². The van der Waals surface area contributed by atoms with Crippen molar-refractivity contribution < 1.29 is 23.9 Å². The van der Waals surface area contributed by atoms with Gasteiger partial charge in [-0.25, -0.2) is 9.59 Å². The molecule has 7 heteroatoms. The number of amides is 2. The zero-order chi connectivity index (χ0) is 20.4. The molecule has 0 unspecified atom stereocenters. The monoisotopic (exact) mass is 378 g/mol. The number of carbonyl (C=O) groups excluding carboxylic acids is 3. The third-order valence-corrected chi connectivity index (χ3v) is 3.94. The lowest BCUT2D eigenvalue weighted by molar-refractivity contribution is -0.145. The van der Waals surface area contributed by atoms with E-state index >= 15 is 0 Å². The minimum atomic E-state index is -0.826. The number of hydrogen-bond acceptors (Lipinski definition) is 5. The van der Waals surface area contributed by atoms with Crippen LogP contribution in [0.5, 0.6) is 0 Å². The number of esters is 1. The minimum absolute atomic E-state index is 0.108. The highest BCUT2D eigenvalue weighted by molar-refractivity contribution is 5.89. The van der Waals surface area contributed by atoms with E-state index in [0.29, 0.717) is 6.42 Å². The summed E-state index contributed by atoms with van der Waals surface area (Å²) in [5.41, 5.74) is 0.848. The molecule has 150 valence electrons. The number of benzene rings is 1. The van der Waals surface area contributed by atoms with Gasteiger partial charge in [-0.2, -0.15) is 0 Å². The number of nitrogens with one attached hydrogen (secondary N) is 2. The van der Waals surface area contributed by atoms with Gasteiger partial charge in [0.2, 0.25) is 5.91 Å². The Kier molecular flexibility index (Phi) is 9.33. The van der Waals surface area contributed by atoms with Crippen molar-refractivity contribution >= 4 is 18.0 Å². The number of ether oxygens (including phenoxy) is 2. The summed E-state index contributed by atoms with van der Waals surface area (Å²) in [7, 11) is 1.28. The lowest BCUT2D eigenvalue weighted by atomic mass is 10.0. The van der Waals surface area contributed by atoms with E-state index in [1.54, 1.807) is 13.8 Å². The molecule has 27 heavy (non-hydrogen) atoms. The average Bonchev–Trinajstić information content (AvgIpc) is 2.63. The van der Waals surface area contributed by atoms with E-state index < -0.39 is 30.1 Å². The van der Waals surface area contributed by atoms with Crippen LogP contribution in [0, 0.1) is 11.8 Å². The van der Waals surface area contributed by atoms with E-state index in [2.05, 4.69) is 10.6 Å². The molecule has 0 bridgehead atoms. The van der Waals surface area contributed by atoms with E-state index in [-0.39, 0.29) is 18.4 Å². The first-order valence-electron chi connectivity index (χ1n) is 9.10. The molecule has 1 rings (SSSR count). The van der Waals surface area contributed by atoms with E-state index in [1.807, 2.05) is 44.2 Å². The fourth-order valence-electron chi connectivity index (χ4n) is 2.52. The van der Waals surface area contributed by atoms with Crippen molar-refractivity contribution in [3.05, 3.63) is 35.9 Å². The van der Waals surface area contributed by atoms with Crippen LogP contribution in [-0.2, 0) is 25.7 Å². The molecule has 0 saturated heterocycles. The maximum Gasteiger partial charge on any atom is 0.408 e. The van der Waals surface area contributed by atoms with Crippen LogP contribution in [0.1, 0.15) is 39.7 Å². The van der Waals surface area contributed by atoms with Crippen molar-refractivity contribution in [1.29, 1.82) is 0 Å².